The van der Waals surface area contributed by atoms with Gasteiger partial charge >= 0.3 is 5.97 Å². The van der Waals surface area contributed by atoms with Gasteiger partial charge in [-0.1, -0.05) is 28.1 Å². The summed E-state index contributed by atoms with van der Waals surface area (Å²) in [6.45, 7) is 0.656. The van der Waals surface area contributed by atoms with Gasteiger partial charge in [-0.25, -0.2) is 4.79 Å². The van der Waals surface area contributed by atoms with Crippen molar-refractivity contribution in [1.82, 2.24) is 0 Å². The highest BCUT2D eigenvalue weighted by molar-refractivity contribution is 9.10. The average molecular weight is 350 g/mol. The highest BCUT2D eigenvalue weighted by Crippen LogP contribution is 2.17. The molecule has 0 aliphatic rings. The van der Waals surface area contributed by atoms with E-state index in [0.717, 1.165) is 16.7 Å². The molecule has 0 radical (unpaired) electrons. The van der Waals surface area contributed by atoms with Crippen LogP contribution in [-0.4, -0.2) is 19.7 Å². The molecule has 0 atom stereocenters. The maximum absolute atomic E-state index is 11.0. The Morgan fingerprint density at radius 3 is 2.62 bits per heavy atom. The number of ether oxygens (including phenoxy) is 2. The number of esters is 1. The van der Waals surface area contributed by atoms with Gasteiger partial charge in [-0.3, -0.25) is 0 Å². The van der Waals surface area contributed by atoms with E-state index < -0.39 is 5.97 Å². The summed E-state index contributed by atoms with van der Waals surface area (Å²) < 4.78 is 10.9. The standard InChI is InChI=1S/C16H16BrNO3/c1-20-16(19)11-21-15-7-5-14(6-8-15)18-10-12-3-2-4-13(17)9-12/h2-9,18H,10-11H2,1H3. The third-order valence-electron chi connectivity index (χ3n) is 2.82. The number of nitrogens with one attached hydrogen (secondary N) is 1. The van der Waals surface area contributed by atoms with Gasteiger partial charge in [0.15, 0.2) is 6.61 Å². The molecule has 0 saturated heterocycles. The molecular formula is C16H16BrNO3. The Hall–Kier alpha value is -2.01. The van der Waals surface area contributed by atoms with Crippen molar-refractivity contribution in [2.45, 2.75) is 6.54 Å². The van der Waals surface area contributed by atoms with Crippen LogP contribution in [-0.2, 0) is 16.1 Å². The van der Waals surface area contributed by atoms with Crippen molar-refractivity contribution < 1.29 is 14.3 Å². The van der Waals surface area contributed by atoms with E-state index in [4.69, 9.17) is 4.74 Å². The van der Waals surface area contributed by atoms with E-state index in [1.807, 2.05) is 36.4 Å². The molecule has 0 aromatic heterocycles. The van der Waals surface area contributed by atoms with Crippen molar-refractivity contribution >= 4 is 27.6 Å². The molecule has 110 valence electrons. The van der Waals surface area contributed by atoms with Gasteiger partial charge in [0.1, 0.15) is 5.75 Å². The second kappa shape index (κ2) is 7.69. The first-order valence-corrected chi connectivity index (χ1v) is 7.24. The van der Waals surface area contributed by atoms with Crippen LogP contribution in [0.25, 0.3) is 0 Å². The fraction of sp³-hybridized carbons (Fsp3) is 0.188. The minimum Gasteiger partial charge on any atom is -0.482 e. The summed E-state index contributed by atoms with van der Waals surface area (Å²) in [6.07, 6.45) is 0. The molecule has 0 bridgehead atoms. The summed E-state index contributed by atoms with van der Waals surface area (Å²) in [4.78, 5) is 11.0. The molecule has 0 heterocycles. The molecule has 2 aromatic rings. The maximum Gasteiger partial charge on any atom is 0.343 e. The van der Waals surface area contributed by atoms with Crippen molar-refractivity contribution in [3.63, 3.8) is 0 Å². The van der Waals surface area contributed by atoms with E-state index >= 15 is 0 Å². The molecule has 2 aromatic carbocycles. The largest absolute Gasteiger partial charge is 0.482 e. The van der Waals surface area contributed by atoms with Gasteiger partial charge in [0.05, 0.1) is 7.11 Å². The van der Waals surface area contributed by atoms with Crippen LogP contribution in [0.3, 0.4) is 0 Å². The van der Waals surface area contributed by atoms with E-state index in [1.54, 1.807) is 0 Å². The topological polar surface area (TPSA) is 47.6 Å². The number of halogens is 1. The van der Waals surface area contributed by atoms with Gasteiger partial charge in [-0.2, -0.15) is 0 Å². The van der Waals surface area contributed by atoms with E-state index in [2.05, 4.69) is 38.1 Å². The number of carbonyl (C=O) groups is 1. The van der Waals surface area contributed by atoms with Gasteiger partial charge in [0.25, 0.3) is 0 Å². The van der Waals surface area contributed by atoms with E-state index in [1.165, 1.54) is 12.7 Å². The predicted octanol–water partition coefficient (Wildman–Crippen LogP) is 3.61. The third kappa shape index (κ3) is 5.11. The Kier molecular flexibility index (Phi) is 5.63. The fourth-order valence-electron chi connectivity index (χ4n) is 1.72. The first-order valence-electron chi connectivity index (χ1n) is 6.45. The summed E-state index contributed by atoms with van der Waals surface area (Å²) in [5.74, 6) is 0.236. The van der Waals surface area contributed by atoms with Crippen molar-refractivity contribution in [1.29, 1.82) is 0 Å². The van der Waals surface area contributed by atoms with Gasteiger partial charge in [0, 0.05) is 16.7 Å². The third-order valence-corrected chi connectivity index (χ3v) is 3.32. The van der Waals surface area contributed by atoms with Gasteiger partial charge < -0.3 is 14.8 Å². The van der Waals surface area contributed by atoms with Crippen LogP contribution in [0.4, 0.5) is 5.69 Å². The normalized spacial score (nSPS) is 10.0. The molecule has 0 spiro atoms. The van der Waals surface area contributed by atoms with Crippen molar-refractivity contribution in [2.75, 3.05) is 19.0 Å². The molecule has 5 heteroatoms. The van der Waals surface area contributed by atoms with Gasteiger partial charge in [-0.15, -0.1) is 0 Å². The summed E-state index contributed by atoms with van der Waals surface area (Å²) in [6, 6.07) is 15.6. The number of anilines is 1. The lowest BCUT2D eigenvalue weighted by Crippen LogP contribution is -2.12. The number of methoxy groups -OCH3 is 1. The Morgan fingerprint density at radius 2 is 1.95 bits per heavy atom. The van der Waals surface area contributed by atoms with E-state index in [9.17, 15) is 4.79 Å². The number of benzene rings is 2. The fourth-order valence-corrected chi connectivity index (χ4v) is 2.17. The first kappa shape index (κ1) is 15.4. The lowest BCUT2D eigenvalue weighted by Gasteiger charge is -2.09. The van der Waals surface area contributed by atoms with Crippen LogP contribution in [0.15, 0.2) is 53.0 Å². The lowest BCUT2D eigenvalue weighted by molar-refractivity contribution is -0.142. The SMILES string of the molecule is COC(=O)COc1ccc(NCc2cccc(Br)c2)cc1. The Morgan fingerprint density at radius 1 is 1.19 bits per heavy atom. The molecule has 0 aliphatic heterocycles. The smallest absolute Gasteiger partial charge is 0.343 e. The number of rotatable bonds is 6. The Balaban J connectivity index is 1.86. The number of hydrogen-bond acceptors (Lipinski definition) is 4. The van der Waals surface area contributed by atoms with Crippen LogP contribution >= 0.6 is 15.9 Å². The van der Waals surface area contributed by atoms with Gasteiger partial charge in [0.2, 0.25) is 0 Å². The summed E-state index contributed by atoms with van der Waals surface area (Å²) in [5, 5.41) is 3.32. The zero-order chi connectivity index (χ0) is 15.1. The van der Waals surface area contributed by atoms with Crippen LogP contribution in [0.5, 0.6) is 5.75 Å². The second-order valence-corrected chi connectivity index (χ2v) is 5.29. The molecule has 0 aliphatic carbocycles. The minimum absolute atomic E-state index is 0.0820. The zero-order valence-electron chi connectivity index (χ0n) is 11.6. The molecule has 0 saturated carbocycles. The highest BCUT2D eigenvalue weighted by atomic mass is 79.9. The van der Waals surface area contributed by atoms with Crippen molar-refractivity contribution in [3.05, 3.63) is 58.6 Å². The van der Waals surface area contributed by atoms with Crippen molar-refractivity contribution in [3.8, 4) is 5.75 Å². The van der Waals surface area contributed by atoms with Crippen LogP contribution in [0, 0.1) is 0 Å². The van der Waals surface area contributed by atoms with Crippen molar-refractivity contribution in [2.24, 2.45) is 0 Å². The molecule has 1 N–H and O–H groups in total. The van der Waals surface area contributed by atoms with E-state index in [-0.39, 0.29) is 6.61 Å². The lowest BCUT2D eigenvalue weighted by atomic mass is 10.2. The molecule has 0 fully saturated rings. The predicted molar refractivity (Wildman–Crippen MR) is 85.4 cm³/mol. The highest BCUT2D eigenvalue weighted by Gasteiger charge is 2.01. The molecule has 2 rings (SSSR count). The maximum atomic E-state index is 11.0. The molecule has 0 amide bonds. The number of carbonyl (C=O) groups excluding carboxylic acids is 1. The zero-order valence-corrected chi connectivity index (χ0v) is 13.2. The first-order chi connectivity index (χ1) is 10.2. The summed E-state index contributed by atoms with van der Waals surface area (Å²) in [5.41, 5.74) is 2.18. The molecule has 21 heavy (non-hydrogen) atoms. The molecule has 4 nitrogen and oxygen atoms in total. The van der Waals surface area contributed by atoms with Crippen LogP contribution in [0.1, 0.15) is 5.56 Å². The molecule has 0 unspecified atom stereocenters. The van der Waals surface area contributed by atoms with E-state index in [0.29, 0.717) is 5.75 Å². The Labute approximate surface area is 132 Å². The number of hydrogen-bond donors (Lipinski definition) is 1. The average Bonchev–Trinajstić information content (AvgIpc) is 2.51. The summed E-state index contributed by atoms with van der Waals surface area (Å²) >= 11 is 3.45. The van der Waals surface area contributed by atoms with Crippen LogP contribution in [0.2, 0.25) is 0 Å². The van der Waals surface area contributed by atoms with Crippen LogP contribution < -0.4 is 10.1 Å². The minimum atomic E-state index is -0.396. The quantitative estimate of drug-likeness (QED) is 0.809. The monoisotopic (exact) mass is 349 g/mol. The van der Waals surface area contributed by atoms with Gasteiger partial charge in [-0.05, 0) is 42.0 Å². The Bertz CT molecular complexity index is 599. The second-order valence-electron chi connectivity index (χ2n) is 4.37. The molecular weight excluding hydrogens is 334 g/mol. The summed E-state index contributed by atoms with van der Waals surface area (Å²) in [7, 11) is 1.33.